The van der Waals surface area contributed by atoms with Crippen molar-refractivity contribution in [1.82, 2.24) is 15.0 Å². The number of aromatic nitrogens is 2. The lowest BCUT2D eigenvalue weighted by molar-refractivity contribution is -0.137. The molecule has 1 fully saturated rings. The van der Waals surface area contributed by atoms with Gasteiger partial charge in [-0.1, -0.05) is 29.4 Å². The third kappa shape index (κ3) is 4.92. The van der Waals surface area contributed by atoms with E-state index in [-0.39, 0.29) is 17.6 Å². The maximum atomic E-state index is 12.7. The van der Waals surface area contributed by atoms with Crippen LogP contribution >= 0.6 is 0 Å². The highest BCUT2D eigenvalue weighted by atomic mass is 19.4. The first-order chi connectivity index (χ1) is 15.3. The first-order valence-corrected chi connectivity index (χ1v) is 10.3. The third-order valence-corrected chi connectivity index (χ3v) is 5.62. The van der Waals surface area contributed by atoms with Crippen LogP contribution in [0.4, 0.5) is 13.2 Å². The number of alkyl halides is 3. The van der Waals surface area contributed by atoms with E-state index in [4.69, 9.17) is 9.26 Å². The van der Waals surface area contributed by atoms with E-state index < -0.39 is 11.7 Å². The zero-order valence-corrected chi connectivity index (χ0v) is 17.4. The van der Waals surface area contributed by atoms with Crippen molar-refractivity contribution in [2.45, 2.75) is 31.4 Å². The Labute approximate surface area is 183 Å². The minimum atomic E-state index is -4.39. The topological polar surface area (TPSA) is 68.5 Å². The SMILES string of the molecule is COc1ccc(CC(=O)N2CCC(c3nc(-c4ccc(C(F)(F)F)cc4)no3)CC2)cc1. The summed E-state index contributed by atoms with van der Waals surface area (Å²) in [6, 6.07) is 12.1. The van der Waals surface area contributed by atoms with Crippen LogP contribution in [0.5, 0.6) is 5.75 Å². The summed E-state index contributed by atoms with van der Waals surface area (Å²) in [6.07, 6.45) is -2.70. The smallest absolute Gasteiger partial charge is 0.416 e. The highest BCUT2D eigenvalue weighted by Crippen LogP contribution is 2.32. The molecule has 0 aliphatic carbocycles. The molecule has 4 rings (SSSR count). The summed E-state index contributed by atoms with van der Waals surface area (Å²) in [6.45, 7) is 1.16. The molecule has 1 aliphatic heterocycles. The van der Waals surface area contributed by atoms with Gasteiger partial charge in [0.1, 0.15) is 5.75 Å². The van der Waals surface area contributed by atoms with Gasteiger partial charge in [0.05, 0.1) is 19.1 Å². The molecule has 9 heteroatoms. The second-order valence-electron chi connectivity index (χ2n) is 7.71. The number of piperidine rings is 1. The van der Waals surface area contributed by atoms with Crippen LogP contribution in [0.15, 0.2) is 53.1 Å². The van der Waals surface area contributed by atoms with Crippen LogP contribution in [-0.2, 0) is 17.4 Å². The molecule has 3 aromatic rings. The molecule has 0 N–H and O–H groups in total. The van der Waals surface area contributed by atoms with E-state index in [9.17, 15) is 18.0 Å². The van der Waals surface area contributed by atoms with Gasteiger partial charge in [0.15, 0.2) is 0 Å². The lowest BCUT2D eigenvalue weighted by Gasteiger charge is -2.30. The number of ether oxygens (including phenoxy) is 1. The van der Waals surface area contributed by atoms with Crippen molar-refractivity contribution in [2.75, 3.05) is 20.2 Å². The van der Waals surface area contributed by atoms with Crippen molar-refractivity contribution in [2.24, 2.45) is 0 Å². The predicted octanol–water partition coefficient (Wildman–Crippen LogP) is 4.71. The highest BCUT2D eigenvalue weighted by molar-refractivity contribution is 5.79. The van der Waals surface area contributed by atoms with E-state index in [0.717, 1.165) is 23.4 Å². The van der Waals surface area contributed by atoms with Gasteiger partial charge in [-0.2, -0.15) is 18.2 Å². The highest BCUT2D eigenvalue weighted by Gasteiger charge is 2.31. The van der Waals surface area contributed by atoms with Gasteiger partial charge in [0.2, 0.25) is 17.6 Å². The van der Waals surface area contributed by atoms with Crippen LogP contribution in [0.2, 0.25) is 0 Å². The van der Waals surface area contributed by atoms with Gasteiger partial charge in [-0.05, 0) is 42.7 Å². The molecule has 32 heavy (non-hydrogen) atoms. The molecule has 0 bridgehead atoms. The average Bonchev–Trinajstić information content (AvgIpc) is 3.29. The van der Waals surface area contributed by atoms with Crippen LogP contribution < -0.4 is 4.74 Å². The molecule has 0 atom stereocenters. The Morgan fingerprint density at radius 3 is 2.34 bits per heavy atom. The number of hydrogen-bond acceptors (Lipinski definition) is 5. The zero-order valence-electron chi connectivity index (χ0n) is 17.4. The predicted molar refractivity (Wildman–Crippen MR) is 110 cm³/mol. The van der Waals surface area contributed by atoms with Gasteiger partial charge in [0, 0.05) is 24.6 Å². The second kappa shape index (κ2) is 9.02. The fraction of sp³-hybridized carbons (Fsp3) is 0.348. The average molecular weight is 445 g/mol. The van der Waals surface area contributed by atoms with Crippen LogP contribution in [0.3, 0.4) is 0 Å². The summed E-state index contributed by atoms with van der Waals surface area (Å²) in [5, 5.41) is 3.92. The van der Waals surface area contributed by atoms with Crippen molar-refractivity contribution < 1.29 is 27.2 Å². The summed E-state index contributed by atoms with van der Waals surface area (Å²) in [5.74, 6) is 1.52. The Balaban J connectivity index is 1.33. The maximum Gasteiger partial charge on any atom is 0.416 e. The number of benzene rings is 2. The molecule has 0 unspecified atom stereocenters. The normalized spacial score (nSPS) is 15.1. The summed E-state index contributed by atoms with van der Waals surface area (Å²) < 4.78 is 48.7. The molecule has 0 radical (unpaired) electrons. The summed E-state index contributed by atoms with van der Waals surface area (Å²) >= 11 is 0. The van der Waals surface area contributed by atoms with E-state index in [1.54, 1.807) is 7.11 Å². The van der Waals surface area contributed by atoms with Crippen molar-refractivity contribution in [1.29, 1.82) is 0 Å². The van der Waals surface area contributed by atoms with Gasteiger partial charge in [-0.3, -0.25) is 4.79 Å². The molecule has 1 saturated heterocycles. The number of carbonyl (C=O) groups excluding carboxylic acids is 1. The number of rotatable bonds is 5. The number of likely N-dealkylation sites (tertiary alicyclic amines) is 1. The van der Waals surface area contributed by atoms with Crippen molar-refractivity contribution in [3.63, 3.8) is 0 Å². The van der Waals surface area contributed by atoms with E-state index >= 15 is 0 Å². The lowest BCUT2D eigenvalue weighted by atomic mass is 9.96. The van der Waals surface area contributed by atoms with E-state index in [1.165, 1.54) is 12.1 Å². The van der Waals surface area contributed by atoms with Crippen LogP contribution in [0, 0.1) is 0 Å². The van der Waals surface area contributed by atoms with Crippen LogP contribution in [0.25, 0.3) is 11.4 Å². The van der Waals surface area contributed by atoms with Gasteiger partial charge in [-0.15, -0.1) is 0 Å². The number of amides is 1. The number of methoxy groups -OCH3 is 1. The van der Waals surface area contributed by atoms with E-state index in [2.05, 4.69) is 10.1 Å². The first kappa shape index (κ1) is 21.9. The standard InChI is InChI=1S/C23H22F3N3O3/c1-31-19-8-2-15(3-9-19)14-20(30)29-12-10-17(11-13-29)22-27-21(28-32-22)16-4-6-18(7-5-16)23(24,25)26/h2-9,17H,10-14H2,1H3. The zero-order chi connectivity index (χ0) is 22.7. The second-order valence-corrected chi connectivity index (χ2v) is 7.71. The number of carbonyl (C=O) groups is 1. The van der Waals surface area contributed by atoms with Crippen LogP contribution in [-0.4, -0.2) is 41.1 Å². The molecule has 1 amide bonds. The van der Waals surface area contributed by atoms with Crippen LogP contribution in [0.1, 0.15) is 35.8 Å². The summed E-state index contributed by atoms with van der Waals surface area (Å²) in [4.78, 5) is 18.8. The minimum Gasteiger partial charge on any atom is -0.497 e. The molecule has 1 aliphatic rings. The molecular weight excluding hydrogens is 423 g/mol. The Bertz CT molecular complexity index is 1050. The Morgan fingerprint density at radius 1 is 1.09 bits per heavy atom. The fourth-order valence-corrected chi connectivity index (χ4v) is 3.73. The first-order valence-electron chi connectivity index (χ1n) is 10.3. The van der Waals surface area contributed by atoms with E-state index in [0.29, 0.717) is 43.8 Å². The Kier molecular flexibility index (Phi) is 6.16. The monoisotopic (exact) mass is 445 g/mol. The van der Waals surface area contributed by atoms with E-state index in [1.807, 2.05) is 29.2 Å². The minimum absolute atomic E-state index is 0.00994. The number of halogens is 3. The van der Waals surface area contributed by atoms with Crippen molar-refractivity contribution in [3.8, 4) is 17.1 Å². The van der Waals surface area contributed by atoms with Crippen molar-refractivity contribution in [3.05, 3.63) is 65.5 Å². The lowest BCUT2D eigenvalue weighted by Crippen LogP contribution is -2.38. The maximum absolute atomic E-state index is 12.7. The molecule has 2 aromatic carbocycles. The third-order valence-electron chi connectivity index (χ3n) is 5.62. The summed E-state index contributed by atoms with van der Waals surface area (Å²) in [7, 11) is 1.60. The van der Waals surface area contributed by atoms with Gasteiger partial charge in [-0.25, -0.2) is 0 Å². The largest absolute Gasteiger partial charge is 0.497 e. The molecule has 0 saturated carbocycles. The molecule has 168 valence electrons. The van der Waals surface area contributed by atoms with Crippen molar-refractivity contribution >= 4 is 5.91 Å². The summed E-state index contributed by atoms with van der Waals surface area (Å²) in [5.41, 5.74) is 0.660. The fourth-order valence-electron chi connectivity index (χ4n) is 3.73. The quantitative estimate of drug-likeness (QED) is 0.569. The Morgan fingerprint density at radius 2 is 1.75 bits per heavy atom. The van der Waals surface area contributed by atoms with Gasteiger partial charge in [0.25, 0.3) is 0 Å². The van der Waals surface area contributed by atoms with Gasteiger partial charge >= 0.3 is 6.18 Å². The number of hydrogen-bond donors (Lipinski definition) is 0. The molecule has 0 spiro atoms. The molecule has 1 aromatic heterocycles. The Hall–Kier alpha value is -3.36. The van der Waals surface area contributed by atoms with Gasteiger partial charge < -0.3 is 14.2 Å². The molecule has 2 heterocycles. The number of nitrogens with zero attached hydrogens (tertiary/aromatic N) is 3. The molecular formula is C23H22F3N3O3. The molecule has 6 nitrogen and oxygen atoms in total.